The first-order chi connectivity index (χ1) is 9.02. The number of hydrogen-bond donors (Lipinski definition) is 2. The van der Waals surface area contributed by atoms with Crippen LogP contribution in [0.15, 0.2) is 0 Å². The van der Waals surface area contributed by atoms with Gasteiger partial charge in [0.25, 0.3) is 7.37 Å². The SMILES string of the molecule is CC(C)(C)OBBBOC(=O)NBNC(=O)C(C)(C)C. The number of rotatable bonds is 6. The van der Waals surface area contributed by atoms with Crippen LogP contribution in [0.2, 0.25) is 0 Å². The molecule has 0 rings (SSSR count). The number of carbonyl (C=O) groups is 2. The van der Waals surface area contributed by atoms with E-state index in [0.29, 0.717) is 14.4 Å². The zero-order valence-corrected chi connectivity index (χ0v) is 13.5. The summed E-state index contributed by atoms with van der Waals surface area (Å²) in [4.78, 5) is 22.8. The van der Waals surface area contributed by atoms with E-state index in [9.17, 15) is 9.59 Å². The summed E-state index contributed by atoms with van der Waals surface area (Å²) in [6.45, 7) is 11.3. The van der Waals surface area contributed by atoms with E-state index in [0.717, 1.165) is 0 Å². The third kappa shape index (κ3) is 10.8. The fourth-order valence-corrected chi connectivity index (χ4v) is 1.11. The molecule has 2 N–H and O–H groups in total. The van der Waals surface area contributed by atoms with Gasteiger partial charge in [0.2, 0.25) is 13.3 Å². The Hall–Kier alpha value is -1.04. The van der Waals surface area contributed by atoms with Gasteiger partial charge in [0.05, 0.1) is 0 Å². The number of hydrogen-bond acceptors (Lipinski definition) is 4. The maximum absolute atomic E-state index is 11.5. The van der Waals surface area contributed by atoms with E-state index in [1.807, 2.05) is 20.8 Å². The Bertz CT molecular complexity index is 328. The highest BCUT2D eigenvalue weighted by Crippen LogP contribution is 2.11. The Labute approximate surface area is 124 Å². The molecular weight excluding hydrogens is 255 g/mol. The summed E-state index contributed by atoms with van der Waals surface area (Å²) in [5.41, 5.74) is -0.657. The van der Waals surface area contributed by atoms with Crippen molar-refractivity contribution in [3.05, 3.63) is 0 Å². The van der Waals surface area contributed by atoms with Gasteiger partial charge in [-0.2, -0.15) is 0 Å². The molecule has 10 heteroatoms. The van der Waals surface area contributed by atoms with Crippen LogP contribution in [0.25, 0.3) is 0 Å². The molecule has 0 atom stereocenters. The molecule has 0 fully saturated rings. The molecule has 0 bridgehead atoms. The molecule has 0 aromatic rings. The standard InChI is InChI=1S/C10H24B4N2O4/c1-9(2,3)7(17)15-14-16-8(18)19-12-11-13-20-10(4,5)6/h11-14H,1-6H3,(H,15,17)(H,16,18). The number of amides is 2. The number of nitrogens with one attached hydrogen (secondary N) is 2. The van der Waals surface area contributed by atoms with Crippen molar-refractivity contribution in [2.75, 3.05) is 0 Å². The normalized spacial score (nSPS) is 11.1. The summed E-state index contributed by atoms with van der Waals surface area (Å²) in [6, 6.07) is 0. The summed E-state index contributed by atoms with van der Waals surface area (Å²) in [7, 11) is 1.53. The topological polar surface area (TPSA) is 76.7 Å². The summed E-state index contributed by atoms with van der Waals surface area (Å²) in [5, 5.41) is 5.06. The smallest absolute Gasteiger partial charge is 0.377 e. The Morgan fingerprint density at radius 3 is 2.05 bits per heavy atom. The van der Waals surface area contributed by atoms with Gasteiger partial charge in [-0.3, -0.25) is 4.79 Å². The lowest BCUT2D eigenvalue weighted by Crippen LogP contribution is -2.45. The van der Waals surface area contributed by atoms with E-state index < -0.39 is 11.5 Å². The van der Waals surface area contributed by atoms with Gasteiger partial charge in [-0.05, 0) is 20.8 Å². The second kappa shape index (κ2) is 8.29. The van der Waals surface area contributed by atoms with Crippen molar-refractivity contribution in [1.82, 2.24) is 10.5 Å². The average Bonchev–Trinajstić information content (AvgIpc) is 2.25. The summed E-state index contributed by atoms with van der Waals surface area (Å²) in [5.74, 6) is -0.128. The van der Waals surface area contributed by atoms with Crippen LogP contribution in [-0.4, -0.2) is 47.0 Å². The van der Waals surface area contributed by atoms with Crippen molar-refractivity contribution in [2.24, 2.45) is 5.41 Å². The van der Waals surface area contributed by atoms with Gasteiger partial charge in [-0.1, -0.05) is 20.8 Å². The molecule has 0 saturated heterocycles. The van der Waals surface area contributed by atoms with Gasteiger partial charge in [0.1, 0.15) is 7.06 Å². The average molecular weight is 280 g/mol. The highest BCUT2D eigenvalue weighted by molar-refractivity contribution is 7.26. The van der Waals surface area contributed by atoms with E-state index in [1.165, 1.54) is 0 Å². The van der Waals surface area contributed by atoms with Crippen molar-refractivity contribution in [1.29, 1.82) is 0 Å². The molecule has 6 nitrogen and oxygen atoms in total. The summed E-state index contributed by atoms with van der Waals surface area (Å²) >= 11 is 0. The van der Waals surface area contributed by atoms with Crippen molar-refractivity contribution in [3.63, 3.8) is 0 Å². The van der Waals surface area contributed by atoms with Crippen LogP contribution < -0.4 is 10.5 Å². The van der Waals surface area contributed by atoms with Crippen LogP contribution in [0, 0.1) is 5.41 Å². The van der Waals surface area contributed by atoms with Crippen molar-refractivity contribution in [3.8, 4) is 0 Å². The maximum atomic E-state index is 11.5. The minimum Gasteiger partial charge on any atom is -0.534 e. The van der Waals surface area contributed by atoms with Crippen LogP contribution in [-0.2, 0) is 14.1 Å². The molecule has 2 amide bonds. The molecular formula is C10H24B4N2O4. The van der Waals surface area contributed by atoms with Crippen molar-refractivity contribution in [2.45, 2.75) is 47.1 Å². The summed E-state index contributed by atoms with van der Waals surface area (Å²) in [6.07, 6.45) is -0.546. The predicted octanol–water partition coefficient (Wildman–Crippen LogP) is -1.07. The first kappa shape index (κ1) is 19.0. The molecule has 20 heavy (non-hydrogen) atoms. The second-order valence-corrected chi connectivity index (χ2v) is 6.56. The quantitative estimate of drug-likeness (QED) is 0.479. The Morgan fingerprint density at radius 1 is 0.950 bits per heavy atom. The molecule has 0 aromatic carbocycles. The van der Waals surface area contributed by atoms with Gasteiger partial charge < -0.3 is 19.8 Å². The Morgan fingerprint density at radius 2 is 1.55 bits per heavy atom. The van der Waals surface area contributed by atoms with Crippen LogP contribution in [0.1, 0.15) is 41.5 Å². The molecule has 0 heterocycles. The number of carbonyl (C=O) groups excluding carboxylic acids is 2. The lowest BCUT2D eigenvalue weighted by atomic mass is 9.31. The maximum Gasteiger partial charge on any atom is 0.377 e. The Balaban J connectivity index is 3.59. The third-order valence-corrected chi connectivity index (χ3v) is 2.22. The first-order valence-electron chi connectivity index (χ1n) is 6.85. The molecule has 0 saturated carbocycles. The molecule has 0 aromatic heterocycles. The van der Waals surface area contributed by atoms with E-state index in [2.05, 4.69) is 10.5 Å². The molecule has 0 radical (unpaired) electrons. The minimum absolute atomic E-state index is 0.0629. The lowest BCUT2D eigenvalue weighted by molar-refractivity contribution is -0.126. The van der Waals surface area contributed by atoms with Gasteiger partial charge in [0, 0.05) is 11.0 Å². The van der Waals surface area contributed by atoms with Crippen molar-refractivity contribution < 1.29 is 18.9 Å². The fraction of sp³-hybridized carbons (Fsp3) is 0.800. The molecule has 0 aliphatic heterocycles. The third-order valence-electron chi connectivity index (χ3n) is 2.22. The van der Waals surface area contributed by atoms with Gasteiger partial charge in [0.15, 0.2) is 0 Å². The van der Waals surface area contributed by atoms with Gasteiger partial charge in [-0.15, -0.1) is 0 Å². The van der Waals surface area contributed by atoms with Crippen molar-refractivity contribution >= 4 is 41.4 Å². The van der Waals surface area contributed by atoms with E-state index in [4.69, 9.17) is 9.31 Å². The zero-order valence-electron chi connectivity index (χ0n) is 13.5. The fourth-order valence-electron chi connectivity index (χ4n) is 1.11. The predicted molar refractivity (Wildman–Crippen MR) is 86.6 cm³/mol. The highest BCUT2D eigenvalue weighted by Gasteiger charge is 2.21. The molecule has 110 valence electrons. The minimum atomic E-state index is -0.546. The lowest BCUT2D eigenvalue weighted by Gasteiger charge is -2.19. The molecule has 0 unspecified atom stereocenters. The Kier molecular flexibility index (Phi) is 7.86. The molecule has 0 aliphatic carbocycles. The molecule has 0 spiro atoms. The van der Waals surface area contributed by atoms with Crippen LogP contribution >= 0.6 is 0 Å². The van der Waals surface area contributed by atoms with Gasteiger partial charge in [-0.25, -0.2) is 4.79 Å². The highest BCUT2D eigenvalue weighted by atomic mass is 16.5. The van der Waals surface area contributed by atoms with Gasteiger partial charge >= 0.3 is 13.6 Å². The zero-order chi connectivity index (χ0) is 15.8. The largest absolute Gasteiger partial charge is 0.534 e. The monoisotopic (exact) mass is 280 g/mol. The van der Waals surface area contributed by atoms with Crippen LogP contribution in [0.4, 0.5) is 4.79 Å². The first-order valence-corrected chi connectivity index (χ1v) is 6.85. The van der Waals surface area contributed by atoms with Crippen LogP contribution in [0.5, 0.6) is 0 Å². The van der Waals surface area contributed by atoms with Crippen LogP contribution in [0.3, 0.4) is 0 Å². The summed E-state index contributed by atoms with van der Waals surface area (Å²) < 4.78 is 10.4. The molecule has 0 aliphatic rings. The van der Waals surface area contributed by atoms with E-state index in [-0.39, 0.29) is 26.4 Å². The van der Waals surface area contributed by atoms with E-state index in [1.54, 1.807) is 20.8 Å². The second-order valence-electron chi connectivity index (χ2n) is 6.56. The van der Waals surface area contributed by atoms with E-state index >= 15 is 0 Å².